The summed E-state index contributed by atoms with van der Waals surface area (Å²) in [4.78, 5) is 0. The van der Waals surface area contributed by atoms with Crippen LogP contribution in [0.2, 0.25) is 0 Å². The van der Waals surface area contributed by atoms with Gasteiger partial charge in [-0.05, 0) is 29.8 Å². The van der Waals surface area contributed by atoms with Gasteiger partial charge in [-0.15, -0.1) is 10.2 Å². The molecule has 0 radical (unpaired) electrons. The molecule has 0 spiro atoms. The highest BCUT2D eigenvalue weighted by molar-refractivity contribution is 9.10. The Morgan fingerprint density at radius 1 is 1.26 bits per heavy atom. The van der Waals surface area contributed by atoms with Crippen molar-refractivity contribution in [2.45, 2.75) is 13.8 Å². The first-order chi connectivity index (χ1) is 9.15. The highest BCUT2D eigenvalue weighted by Gasteiger charge is 2.16. The lowest BCUT2D eigenvalue weighted by Crippen LogP contribution is -2.09. The van der Waals surface area contributed by atoms with Gasteiger partial charge in [0.05, 0.1) is 10.0 Å². The SMILES string of the molecule is CCNc1nnc(-c2ccccc2)c(Br)c1C(C)=N. The van der Waals surface area contributed by atoms with Gasteiger partial charge in [0.2, 0.25) is 0 Å². The van der Waals surface area contributed by atoms with Crippen molar-refractivity contribution in [1.82, 2.24) is 10.2 Å². The van der Waals surface area contributed by atoms with Gasteiger partial charge >= 0.3 is 0 Å². The van der Waals surface area contributed by atoms with Gasteiger partial charge in [0.15, 0.2) is 5.82 Å². The standard InChI is InChI=1S/C14H15BrN4/c1-3-17-14-11(9(2)16)12(15)13(18-19-14)10-7-5-4-6-8-10/h4-8,16H,3H2,1-2H3,(H,17,19). The molecule has 0 saturated carbocycles. The van der Waals surface area contributed by atoms with Crippen molar-refractivity contribution in [2.24, 2.45) is 0 Å². The molecular formula is C14H15BrN4. The lowest BCUT2D eigenvalue weighted by atomic mass is 10.1. The maximum Gasteiger partial charge on any atom is 0.158 e. The number of nitrogens with zero attached hydrogens (tertiary/aromatic N) is 2. The second-order valence-electron chi connectivity index (χ2n) is 4.11. The normalized spacial score (nSPS) is 10.3. The Kier molecular flexibility index (Phi) is 4.27. The van der Waals surface area contributed by atoms with E-state index in [2.05, 4.69) is 31.4 Å². The van der Waals surface area contributed by atoms with E-state index < -0.39 is 0 Å². The van der Waals surface area contributed by atoms with E-state index >= 15 is 0 Å². The first kappa shape index (κ1) is 13.7. The number of hydrogen-bond donors (Lipinski definition) is 2. The van der Waals surface area contributed by atoms with Crippen molar-refractivity contribution in [3.8, 4) is 11.3 Å². The third-order valence-corrected chi connectivity index (χ3v) is 3.45. The molecule has 5 heteroatoms. The summed E-state index contributed by atoms with van der Waals surface area (Å²) in [6, 6.07) is 9.83. The van der Waals surface area contributed by atoms with Crippen molar-refractivity contribution in [1.29, 1.82) is 5.41 Å². The molecule has 0 aliphatic rings. The summed E-state index contributed by atoms with van der Waals surface area (Å²) in [5, 5.41) is 19.5. The molecule has 2 N–H and O–H groups in total. The molecule has 0 atom stereocenters. The molecule has 0 aliphatic carbocycles. The minimum Gasteiger partial charge on any atom is -0.368 e. The first-order valence-corrected chi connectivity index (χ1v) is 6.85. The second kappa shape index (κ2) is 5.93. The Labute approximate surface area is 120 Å². The van der Waals surface area contributed by atoms with Crippen LogP contribution >= 0.6 is 15.9 Å². The molecule has 0 unspecified atom stereocenters. The largest absolute Gasteiger partial charge is 0.368 e. The van der Waals surface area contributed by atoms with E-state index in [9.17, 15) is 0 Å². The van der Waals surface area contributed by atoms with Crippen LogP contribution in [-0.2, 0) is 0 Å². The molecule has 19 heavy (non-hydrogen) atoms. The zero-order chi connectivity index (χ0) is 13.8. The fraction of sp³-hybridized carbons (Fsp3) is 0.214. The maximum atomic E-state index is 7.92. The molecule has 0 bridgehead atoms. The molecular weight excluding hydrogens is 304 g/mol. The van der Waals surface area contributed by atoms with E-state index in [0.29, 0.717) is 11.5 Å². The van der Waals surface area contributed by atoms with Crippen LogP contribution in [0, 0.1) is 5.41 Å². The van der Waals surface area contributed by atoms with Gasteiger partial charge in [-0.1, -0.05) is 30.3 Å². The van der Waals surface area contributed by atoms with Gasteiger partial charge in [-0.3, -0.25) is 0 Å². The summed E-state index contributed by atoms with van der Waals surface area (Å²) in [6.07, 6.45) is 0. The lowest BCUT2D eigenvalue weighted by molar-refractivity contribution is 1.01. The number of anilines is 1. The predicted molar refractivity (Wildman–Crippen MR) is 81.8 cm³/mol. The summed E-state index contributed by atoms with van der Waals surface area (Å²) in [7, 11) is 0. The third-order valence-electron chi connectivity index (χ3n) is 2.68. The number of benzene rings is 1. The molecule has 4 nitrogen and oxygen atoms in total. The van der Waals surface area contributed by atoms with Crippen LogP contribution in [0.1, 0.15) is 19.4 Å². The van der Waals surface area contributed by atoms with Gasteiger partial charge in [-0.25, -0.2) is 0 Å². The summed E-state index contributed by atoms with van der Waals surface area (Å²) >= 11 is 3.56. The molecule has 0 aliphatic heterocycles. The first-order valence-electron chi connectivity index (χ1n) is 6.06. The van der Waals surface area contributed by atoms with E-state index in [-0.39, 0.29) is 0 Å². The smallest absolute Gasteiger partial charge is 0.158 e. The Bertz CT molecular complexity index is 596. The zero-order valence-electron chi connectivity index (χ0n) is 10.9. The highest BCUT2D eigenvalue weighted by atomic mass is 79.9. The summed E-state index contributed by atoms with van der Waals surface area (Å²) in [5.41, 5.74) is 2.95. The second-order valence-corrected chi connectivity index (χ2v) is 4.90. The number of hydrogen-bond acceptors (Lipinski definition) is 4. The lowest BCUT2D eigenvalue weighted by Gasteiger charge is -2.12. The average Bonchev–Trinajstić information content (AvgIpc) is 2.40. The molecule has 98 valence electrons. The van der Waals surface area contributed by atoms with Crippen LogP contribution in [0.4, 0.5) is 5.82 Å². The average molecular weight is 319 g/mol. The van der Waals surface area contributed by atoms with Gasteiger partial charge in [-0.2, -0.15) is 0 Å². The minimum atomic E-state index is 0.454. The molecule has 2 aromatic rings. The Hall–Kier alpha value is -1.75. The minimum absolute atomic E-state index is 0.454. The molecule has 1 aromatic carbocycles. The van der Waals surface area contributed by atoms with E-state index in [1.54, 1.807) is 6.92 Å². The molecule has 2 rings (SSSR count). The monoisotopic (exact) mass is 318 g/mol. The van der Waals surface area contributed by atoms with Crippen molar-refractivity contribution < 1.29 is 0 Å². The number of aromatic nitrogens is 2. The van der Waals surface area contributed by atoms with Crippen molar-refractivity contribution in [2.75, 3.05) is 11.9 Å². The van der Waals surface area contributed by atoms with Crippen molar-refractivity contribution >= 4 is 27.5 Å². The highest BCUT2D eigenvalue weighted by Crippen LogP contribution is 2.32. The molecule has 1 aromatic heterocycles. The fourth-order valence-corrected chi connectivity index (χ4v) is 2.62. The van der Waals surface area contributed by atoms with Gasteiger partial charge in [0, 0.05) is 17.8 Å². The molecule has 0 fully saturated rings. The molecule has 1 heterocycles. The summed E-state index contributed by atoms with van der Waals surface area (Å²) < 4.78 is 0.803. The summed E-state index contributed by atoms with van der Waals surface area (Å²) in [6.45, 7) is 4.48. The maximum absolute atomic E-state index is 7.92. The Balaban J connectivity index is 2.60. The van der Waals surface area contributed by atoms with Gasteiger partial charge < -0.3 is 10.7 Å². The van der Waals surface area contributed by atoms with E-state index in [0.717, 1.165) is 27.8 Å². The zero-order valence-corrected chi connectivity index (χ0v) is 12.5. The van der Waals surface area contributed by atoms with Crippen LogP contribution < -0.4 is 5.32 Å². The number of halogens is 1. The van der Waals surface area contributed by atoms with Crippen molar-refractivity contribution in [3.63, 3.8) is 0 Å². The Morgan fingerprint density at radius 2 is 1.95 bits per heavy atom. The molecule has 0 saturated heterocycles. The Morgan fingerprint density at radius 3 is 2.53 bits per heavy atom. The predicted octanol–water partition coefficient (Wildman–Crippen LogP) is 3.73. The summed E-state index contributed by atoms with van der Waals surface area (Å²) in [5.74, 6) is 0.640. The van der Waals surface area contributed by atoms with E-state index in [1.807, 2.05) is 37.3 Å². The molecule has 0 amide bonds. The number of rotatable bonds is 4. The quantitative estimate of drug-likeness (QED) is 0.844. The van der Waals surface area contributed by atoms with Gasteiger partial charge in [0.1, 0.15) is 5.69 Å². The van der Waals surface area contributed by atoms with Crippen molar-refractivity contribution in [3.05, 3.63) is 40.4 Å². The van der Waals surface area contributed by atoms with E-state index in [4.69, 9.17) is 5.41 Å². The van der Waals surface area contributed by atoms with Crippen LogP contribution in [0.5, 0.6) is 0 Å². The van der Waals surface area contributed by atoms with E-state index in [1.165, 1.54) is 0 Å². The van der Waals surface area contributed by atoms with Crippen LogP contribution in [0.3, 0.4) is 0 Å². The van der Waals surface area contributed by atoms with Crippen LogP contribution in [0.15, 0.2) is 34.8 Å². The topological polar surface area (TPSA) is 61.7 Å². The fourth-order valence-electron chi connectivity index (χ4n) is 1.83. The van der Waals surface area contributed by atoms with Crippen LogP contribution in [0.25, 0.3) is 11.3 Å². The number of nitrogens with one attached hydrogen (secondary N) is 2. The third kappa shape index (κ3) is 2.81. The van der Waals surface area contributed by atoms with Crippen LogP contribution in [-0.4, -0.2) is 22.5 Å². The van der Waals surface area contributed by atoms with Gasteiger partial charge in [0.25, 0.3) is 0 Å².